The number of furan rings is 1. The van der Waals surface area contributed by atoms with Crippen LogP contribution >= 0.6 is 0 Å². The predicted octanol–water partition coefficient (Wildman–Crippen LogP) is 4.13. The molecule has 9 nitrogen and oxygen atoms in total. The second kappa shape index (κ2) is 8.57. The zero-order valence-corrected chi connectivity index (χ0v) is 18.7. The first-order chi connectivity index (χ1) is 16.0. The normalized spacial score (nSPS) is 15.8. The average molecular weight is 448 g/mol. The van der Waals surface area contributed by atoms with Gasteiger partial charge in [-0.15, -0.1) is 0 Å². The molecular weight excluding hydrogens is 424 g/mol. The fourth-order valence-corrected chi connectivity index (χ4v) is 3.97. The first kappa shape index (κ1) is 21.0. The zero-order valence-electron chi connectivity index (χ0n) is 18.7. The Hall–Kier alpha value is -3.88. The molecule has 0 N–H and O–H groups in total. The molecule has 0 radical (unpaired) electrons. The van der Waals surface area contributed by atoms with Crippen molar-refractivity contribution in [2.45, 2.75) is 39.7 Å². The van der Waals surface area contributed by atoms with Crippen LogP contribution in [0.25, 0.3) is 11.4 Å². The molecule has 4 aromatic rings. The summed E-state index contributed by atoms with van der Waals surface area (Å²) in [5.74, 6) is 3.47. The monoisotopic (exact) mass is 448 g/mol. The van der Waals surface area contributed by atoms with Crippen LogP contribution in [0.5, 0.6) is 5.75 Å². The smallest absolute Gasteiger partial charge is 0.289 e. The highest BCUT2D eigenvalue weighted by Crippen LogP contribution is 2.25. The minimum Gasteiger partial charge on any atom is -0.489 e. The number of aryl methyl sites for hydroxylation is 3. The molecule has 0 aliphatic carbocycles. The molecule has 0 bridgehead atoms. The Balaban J connectivity index is 1.18. The molecule has 1 aliphatic rings. The van der Waals surface area contributed by atoms with E-state index in [9.17, 15) is 4.79 Å². The van der Waals surface area contributed by atoms with E-state index in [1.54, 1.807) is 17.9 Å². The highest BCUT2D eigenvalue weighted by Gasteiger charge is 2.30. The Morgan fingerprint density at radius 2 is 1.91 bits per heavy atom. The minimum absolute atomic E-state index is 0.0797. The third-order valence-corrected chi connectivity index (χ3v) is 5.78. The Kier molecular flexibility index (Phi) is 5.45. The molecule has 3 aromatic heterocycles. The summed E-state index contributed by atoms with van der Waals surface area (Å²) in [4.78, 5) is 18.9. The van der Waals surface area contributed by atoms with E-state index in [4.69, 9.17) is 18.2 Å². The average Bonchev–Trinajstić information content (AvgIpc) is 3.60. The Morgan fingerprint density at radius 3 is 2.61 bits per heavy atom. The molecule has 0 spiro atoms. The van der Waals surface area contributed by atoms with E-state index in [2.05, 4.69) is 15.3 Å². The van der Waals surface area contributed by atoms with E-state index >= 15 is 0 Å². The van der Waals surface area contributed by atoms with Crippen molar-refractivity contribution in [1.29, 1.82) is 0 Å². The van der Waals surface area contributed by atoms with Crippen LogP contribution in [0.15, 0.2) is 49.9 Å². The largest absolute Gasteiger partial charge is 0.489 e. The Bertz CT molecular complexity index is 1250. The van der Waals surface area contributed by atoms with Gasteiger partial charge in [-0.3, -0.25) is 4.79 Å². The van der Waals surface area contributed by atoms with Gasteiger partial charge in [-0.05, 0) is 50.2 Å². The molecule has 1 aliphatic heterocycles. The predicted molar refractivity (Wildman–Crippen MR) is 117 cm³/mol. The molecule has 1 fully saturated rings. The number of rotatable bonds is 6. The molecule has 1 aromatic carbocycles. The van der Waals surface area contributed by atoms with Crippen molar-refractivity contribution in [2.75, 3.05) is 13.1 Å². The number of hydrogen-bond donors (Lipinski definition) is 0. The molecule has 1 amide bonds. The van der Waals surface area contributed by atoms with E-state index in [1.807, 2.05) is 44.2 Å². The van der Waals surface area contributed by atoms with Gasteiger partial charge in [-0.2, -0.15) is 4.98 Å². The number of likely N-dealkylation sites (tertiary alicyclic amines) is 1. The van der Waals surface area contributed by atoms with Crippen LogP contribution in [0, 0.1) is 20.8 Å². The summed E-state index contributed by atoms with van der Waals surface area (Å²) in [6, 6.07) is 11.1. The van der Waals surface area contributed by atoms with Gasteiger partial charge in [0.2, 0.25) is 11.7 Å². The van der Waals surface area contributed by atoms with Crippen LogP contribution in [-0.4, -0.2) is 45.3 Å². The van der Waals surface area contributed by atoms with Crippen molar-refractivity contribution in [3.05, 3.63) is 70.8 Å². The molecule has 1 unspecified atom stereocenters. The maximum Gasteiger partial charge on any atom is 0.289 e. The van der Waals surface area contributed by atoms with Gasteiger partial charge in [0.05, 0.1) is 12.2 Å². The number of amides is 1. The third kappa shape index (κ3) is 4.39. The first-order valence-corrected chi connectivity index (χ1v) is 10.8. The summed E-state index contributed by atoms with van der Waals surface area (Å²) in [5, 5.41) is 7.89. The number of hydrogen-bond acceptors (Lipinski definition) is 8. The minimum atomic E-state index is -0.131. The van der Waals surface area contributed by atoms with Crippen molar-refractivity contribution in [3.8, 4) is 17.1 Å². The van der Waals surface area contributed by atoms with Gasteiger partial charge in [-0.1, -0.05) is 10.3 Å². The van der Waals surface area contributed by atoms with Crippen LogP contribution in [0.3, 0.4) is 0 Å². The molecule has 9 heteroatoms. The molecule has 33 heavy (non-hydrogen) atoms. The summed E-state index contributed by atoms with van der Waals surface area (Å²) in [6.45, 7) is 6.64. The SMILES string of the molecule is Cc1nc(-c2ccc(OC3CCN(C(=O)c4ccc(Cc5c(C)noc5C)o4)C3)cc2)no1. The van der Waals surface area contributed by atoms with Gasteiger partial charge in [0.1, 0.15) is 23.4 Å². The standard InChI is InChI=1S/C24H24N4O5/c1-14-21(15(2)32-26-14)12-19-8-9-22(31-19)24(29)28-11-10-20(13-28)30-18-6-4-17(5-7-18)23-25-16(3)33-27-23/h4-9,20H,10-13H2,1-3H3. The quantitative estimate of drug-likeness (QED) is 0.433. The number of ether oxygens (including phenoxy) is 1. The van der Waals surface area contributed by atoms with Gasteiger partial charge in [0.15, 0.2) is 5.76 Å². The second-order valence-corrected chi connectivity index (χ2v) is 8.19. The molecule has 1 atom stereocenters. The van der Waals surface area contributed by atoms with E-state index < -0.39 is 0 Å². The molecule has 0 saturated carbocycles. The van der Waals surface area contributed by atoms with Crippen molar-refractivity contribution in [1.82, 2.24) is 20.2 Å². The van der Waals surface area contributed by atoms with Gasteiger partial charge >= 0.3 is 0 Å². The Morgan fingerprint density at radius 1 is 1.09 bits per heavy atom. The fraction of sp³-hybridized carbons (Fsp3) is 0.333. The lowest BCUT2D eigenvalue weighted by Crippen LogP contribution is -2.30. The van der Waals surface area contributed by atoms with Crippen molar-refractivity contribution in [3.63, 3.8) is 0 Å². The molecule has 5 rings (SSSR count). The number of nitrogens with zero attached hydrogens (tertiary/aromatic N) is 4. The maximum absolute atomic E-state index is 12.9. The number of carbonyl (C=O) groups is 1. The lowest BCUT2D eigenvalue weighted by molar-refractivity contribution is 0.0739. The van der Waals surface area contributed by atoms with Gasteiger partial charge in [0.25, 0.3) is 5.91 Å². The van der Waals surface area contributed by atoms with Crippen molar-refractivity contribution in [2.24, 2.45) is 0 Å². The van der Waals surface area contributed by atoms with Gasteiger partial charge in [-0.25, -0.2) is 0 Å². The number of benzene rings is 1. The molecular formula is C24H24N4O5. The summed E-state index contributed by atoms with van der Waals surface area (Å²) < 4.78 is 22.1. The summed E-state index contributed by atoms with van der Waals surface area (Å²) >= 11 is 0. The highest BCUT2D eigenvalue weighted by atomic mass is 16.5. The number of aromatic nitrogens is 3. The van der Waals surface area contributed by atoms with E-state index in [-0.39, 0.29) is 12.0 Å². The molecule has 170 valence electrons. The number of carbonyl (C=O) groups excluding carboxylic acids is 1. The lowest BCUT2D eigenvalue weighted by Gasteiger charge is -2.16. The van der Waals surface area contributed by atoms with Crippen LogP contribution < -0.4 is 4.74 Å². The molecule has 1 saturated heterocycles. The fourth-order valence-electron chi connectivity index (χ4n) is 3.97. The second-order valence-electron chi connectivity index (χ2n) is 8.19. The Labute approximate surface area is 190 Å². The first-order valence-electron chi connectivity index (χ1n) is 10.8. The van der Waals surface area contributed by atoms with E-state index in [0.717, 1.165) is 34.8 Å². The zero-order chi connectivity index (χ0) is 22.9. The maximum atomic E-state index is 12.9. The molecule has 4 heterocycles. The lowest BCUT2D eigenvalue weighted by atomic mass is 10.1. The van der Waals surface area contributed by atoms with Crippen molar-refractivity contribution < 1.29 is 23.0 Å². The van der Waals surface area contributed by atoms with Crippen LogP contribution in [0.4, 0.5) is 0 Å². The van der Waals surface area contributed by atoms with Crippen LogP contribution in [-0.2, 0) is 6.42 Å². The van der Waals surface area contributed by atoms with Gasteiger partial charge < -0.3 is 23.1 Å². The summed E-state index contributed by atoms with van der Waals surface area (Å²) in [7, 11) is 0. The topological polar surface area (TPSA) is 108 Å². The highest BCUT2D eigenvalue weighted by molar-refractivity contribution is 5.91. The van der Waals surface area contributed by atoms with Gasteiger partial charge in [0, 0.05) is 37.4 Å². The summed E-state index contributed by atoms with van der Waals surface area (Å²) in [6.07, 6.45) is 1.22. The summed E-state index contributed by atoms with van der Waals surface area (Å²) in [5.41, 5.74) is 2.67. The van der Waals surface area contributed by atoms with E-state index in [1.165, 1.54) is 0 Å². The van der Waals surface area contributed by atoms with E-state index in [0.29, 0.717) is 42.7 Å². The van der Waals surface area contributed by atoms with Crippen LogP contribution in [0.1, 0.15) is 45.6 Å². The van der Waals surface area contributed by atoms with Crippen LogP contribution in [0.2, 0.25) is 0 Å². The third-order valence-electron chi connectivity index (χ3n) is 5.78. The van der Waals surface area contributed by atoms with Crippen molar-refractivity contribution >= 4 is 5.91 Å².